The molecule has 0 atom stereocenters. The molecule has 5 nitrogen and oxygen atoms in total. The number of rotatable bonds is 3. The van der Waals surface area contributed by atoms with Gasteiger partial charge in [0.15, 0.2) is 0 Å². The van der Waals surface area contributed by atoms with Crippen LogP contribution in [0.4, 0.5) is 11.6 Å². The van der Waals surface area contributed by atoms with E-state index in [4.69, 9.17) is 5.73 Å². The molecule has 0 fully saturated rings. The summed E-state index contributed by atoms with van der Waals surface area (Å²) in [6.07, 6.45) is 1.62. The van der Waals surface area contributed by atoms with Crippen molar-refractivity contribution >= 4 is 40.1 Å². The van der Waals surface area contributed by atoms with Crippen LogP contribution in [-0.2, 0) is 0 Å². The summed E-state index contributed by atoms with van der Waals surface area (Å²) >= 11 is 2.20. The predicted molar refractivity (Wildman–Crippen MR) is 99.0 cm³/mol. The lowest BCUT2D eigenvalue weighted by Gasteiger charge is -2.07. The van der Waals surface area contributed by atoms with E-state index in [0.29, 0.717) is 5.56 Å². The van der Waals surface area contributed by atoms with Gasteiger partial charge in [-0.3, -0.25) is 4.79 Å². The summed E-state index contributed by atoms with van der Waals surface area (Å²) in [5, 5.41) is 2.87. The van der Waals surface area contributed by atoms with Gasteiger partial charge in [0.2, 0.25) is 5.95 Å². The van der Waals surface area contributed by atoms with Gasteiger partial charge in [-0.25, -0.2) is 9.97 Å². The van der Waals surface area contributed by atoms with Crippen molar-refractivity contribution in [3.8, 4) is 11.3 Å². The van der Waals surface area contributed by atoms with Gasteiger partial charge < -0.3 is 11.1 Å². The molecule has 0 aliphatic rings. The predicted octanol–water partition coefficient (Wildman–Crippen LogP) is 3.58. The number of nitrogens with two attached hydrogens (primary N) is 1. The van der Waals surface area contributed by atoms with Crippen LogP contribution >= 0.6 is 22.6 Å². The fourth-order valence-electron chi connectivity index (χ4n) is 2.06. The second-order valence-corrected chi connectivity index (χ2v) is 6.08. The number of anilines is 2. The Hall–Kier alpha value is -2.48. The molecule has 23 heavy (non-hydrogen) atoms. The summed E-state index contributed by atoms with van der Waals surface area (Å²) < 4.78 is 1.09. The molecular weight excluding hydrogens is 403 g/mol. The number of aromatic nitrogens is 2. The van der Waals surface area contributed by atoms with Gasteiger partial charge >= 0.3 is 0 Å². The van der Waals surface area contributed by atoms with Crippen LogP contribution in [0.25, 0.3) is 11.3 Å². The molecular formula is C17H13IN4O. The third-order valence-electron chi connectivity index (χ3n) is 3.22. The van der Waals surface area contributed by atoms with Crippen LogP contribution in [-0.4, -0.2) is 15.9 Å². The number of amides is 1. The highest BCUT2D eigenvalue weighted by atomic mass is 127. The SMILES string of the molecule is Nc1nccc(-c2ccc(NC(=O)c3ccc(I)cc3)cc2)n1. The topological polar surface area (TPSA) is 80.9 Å². The summed E-state index contributed by atoms with van der Waals surface area (Å²) in [7, 11) is 0. The Labute approximate surface area is 147 Å². The largest absolute Gasteiger partial charge is 0.368 e. The maximum absolute atomic E-state index is 12.2. The van der Waals surface area contributed by atoms with Crippen LogP contribution < -0.4 is 11.1 Å². The van der Waals surface area contributed by atoms with Gasteiger partial charge in [-0.1, -0.05) is 12.1 Å². The normalized spacial score (nSPS) is 10.3. The van der Waals surface area contributed by atoms with E-state index in [9.17, 15) is 4.79 Å². The van der Waals surface area contributed by atoms with Crippen molar-refractivity contribution < 1.29 is 4.79 Å². The first-order chi connectivity index (χ1) is 11.1. The summed E-state index contributed by atoms with van der Waals surface area (Å²) in [5.41, 5.74) is 8.58. The van der Waals surface area contributed by atoms with Gasteiger partial charge in [-0.15, -0.1) is 0 Å². The van der Waals surface area contributed by atoms with Gasteiger partial charge in [0, 0.05) is 26.6 Å². The van der Waals surface area contributed by atoms with E-state index < -0.39 is 0 Å². The van der Waals surface area contributed by atoms with E-state index in [0.717, 1.165) is 20.5 Å². The molecule has 114 valence electrons. The van der Waals surface area contributed by atoms with Crippen LogP contribution in [0.15, 0.2) is 60.8 Å². The lowest BCUT2D eigenvalue weighted by atomic mass is 10.1. The Morgan fingerprint density at radius 2 is 1.70 bits per heavy atom. The molecule has 0 bridgehead atoms. The quantitative estimate of drug-likeness (QED) is 0.640. The molecule has 1 heterocycles. The van der Waals surface area contributed by atoms with Crippen molar-refractivity contribution in [3.05, 3.63) is 69.9 Å². The molecule has 6 heteroatoms. The monoisotopic (exact) mass is 416 g/mol. The molecule has 0 saturated carbocycles. The first-order valence-corrected chi connectivity index (χ1v) is 7.95. The number of halogens is 1. The van der Waals surface area contributed by atoms with Gasteiger partial charge in [-0.05, 0) is 65.1 Å². The summed E-state index contributed by atoms with van der Waals surface area (Å²) in [5.74, 6) is 0.0963. The minimum Gasteiger partial charge on any atom is -0.368 e. The summed E-state index contributed by atoms with van der Waals surface area (Å²) in [6, 6.07) is 16.6. The number of benzene rings is 2. The van der Waals surface area contributed by atoms with Crippen molar-refractivity contribution in [1.29, 1.82) is 0 Å². The maximum Gasteiger partial charge on any atom is 0.255 e. The number of carbonyl (C=O) groups excluding carboxylic acids is 1. The minimum atomic E-state index is -0.138. The summed E-state index contributed by atoms with van der Waals surface area (Å²) in [4.78, 5) is 20.2. The van der Waals surface area contributed by atoms with E-state index in [2.05, 4.69) is 37.9 Å². The van der Waals surface area contributed by atoms with Gasteiger partial charge in [0.05, 0.1) is 5.69 Å². The maximum atomic E-state index is 12.2. The second kappa shape index (κ2) is 6.74. The molecule has 3 aromatic rings. The summed E-state index contributed by atoms with van der Waals surface area (Å²) in [6.45, 7) is 0. The van der Waals surface area contributed by atoms with E-state index in [-0.39, 0.29) is 11.9 Å². The highest BCUT2D eigenvalue weighted by molar-refractivity contribution is 14.1. The van der Waals surface area contributed by atoms with Crippen molar-refractivity contribution in [2.45, 2.75) is 0 Å². The number of nitrogens with zero attached hydrogens (tertiary/aromatic N) is 2. The number of nitrogens with one attached hydrogen (secondary N) is 1. The van der Waals surface area contributed by atoms with Gasteiger partial charge in [0.25, 0.3) is 5.91 Å². The number of hydrogen-bond donors (Lipinski definition) is 2. The molecule has 0 unspecified atom stereocenters. The number of nitrogen functional groups attached to an aromatic ring is 1. The zero-order valence-electron chi connectivity index (χ0n) is 12.0. The van der Waals surface area contributed by atoms with Crippen LogP contribution in [0, 0.1) is 3.57 Å². The van der Waals surface area contributed by atoms with Crippen LogP contribution in [0.5, 0.6) is 0 Å². The molecule has 0 spiro atoms. The van der Waals surface area contributed by atoms with Gasteiger partial charge in [0.1, 0.15) is 0 Å². The Bertz CT molecular complexity index is 832. The minimum absolute atomic E-state index is 0.138. The molecule has 0 saturated heterocycles. The van der Waals surface area contributed by atoms with Crippen LogP contribution in [0.3, 0.4) is 0 Å². The lowest BCUT2D eigenvalue weighted by Crippen LogP contribution is -2.11. The Kier molecular flexibility index (Phi) is 4.52. The zero-order chi connectivity index (χ0) is 16.2. The third-order valence-corrected chi connectivity index (χ3v) is 3.94. The average molecular weight is 416 g/mol. The second-order valence-electron chi connectivity index (χ2n) is 4.84. The van der Waals surface area contributed by atoms with E-state index in [1.807, 2.05) is 36.4 Å². The Morgan fingerprint density at radius 3 is 2.35 bits per heavy atom. The highest BCUT2D eigenvalue weighted by Gasteiger charge is 2.06. The molecule has 0 aliphatic heterocycles. The molecule has 0 radical (unpaired) electrons. The number of hydrogen-bond acceptors (Lipinski definition) is 4. The number of carbonyl (C=O) groups is 1. The van der Waals surface area contributed by atoms with E-state index in [1.54, 1.807) is 24.4 Å². The molecule has 2 aromatic carbocycles. The average Bonchev–Trinajstić information content (AvgIpc) is 2.56. The molecule has 3 N–H and O–H groups in total. The lowest BCUT2D eigenvalue weighted by molar-refractivity contribution is 0.102. The standard InChI is InChI=1S/C17H13IN4O/c18-13-5-1-12(2-6-13)16(23)21-14-7-3-11(4-8-14)15-9-10-20-17(19)22-15/h1-10H,(H,21,23)(H2,19,20,22). The first-order valence-electron chi connectivity index (χ1n) is 6.88. The molecule has 1 amide bonds. The fraction of sp³-hybridized carbons (Fsp3) is 0. The van der Waals surface area contributed by atoms with E-state index >= 15 is 0 Å². The Morgan fingerprint density at radius 1 is 1.00 bits per heavy atom. The van der Waals surface area contributed by atoms with Crippen molar-refractivity contribution in [3.63, 3.8) is 0 Å². The first kappa shape index (κ1) is 15.4. The molecule has 0 aliphatic carbocycles. The zero-order valence-corrected chi connectivity index (χ0v) is 14.2. The van der Waals surface area contributed by atoms with E-state index in [1.165, 1.54) is 0 Å². The molecule has 3 rings (SSSR count). The highest BCUT2D eigenvalue weighted by Crippen LogP contribution is 2.20. The Balaban J connectivity index is 1.75. The van der Waals surface area contributed by atoms with Crippen molar-refractivity contribution in [2.75, 3.05) is 11.1 Å². The third kappa shape index (κ3) is 3.84. The smallest absolute Gasteiger partial charge is 0.255 e. The van der Waals surface area contributed by atoms with Crippen molar-refractivity contribution in [1.82, 2.24) is 9.97 Å². The van der Waals surface area contributed by atoms with Crippen LogP contribution in [0.2, 0.25) is 0 Å². The molecule has 1 aromatic heterocycles. The van der Waals surface area contributed by atoms with Crippen molar-refractivity contribution in [2.24, 2.45) is 0 Å². The van der Waals surface area contributed by atoms with Gasteiger partial charge in [-0.2, -0.15) is 0 Å². The van der Waals surface area contributed by atoms with Crippen LogP contribution in [0.1, 0.15) is 10.4 Å². The fourth-order valence-corrected chi connectivity index (χ4v) is 2.42.